The summed E-state index contributed by atoms with van der Waals surface area (Å²) in [6.07, 6.45) is 2.44. The maximum Gasteiger partial charge on any atom is 0.293 e. The molecule has 2 aliphatic heterocycles. The number of hydrogen-bond donors (Lipinski definition) is 0. The fourth-order valence-electron chi connectivity index (χ4n) is 3.12. The summed E-state index contributed by atoms with van der Waals surface area (Å²) in [6.45, 7) is 0.733. The predicted octanol–water partition coefficient (Wildman–Crippen LogP) is 1.10. The Morgan fingerprint density at radius 3 is 2.44 bits per heavy atom. The van der Waals surface area contributed by atoms with Gasteiger partial charge in [-0.1, -0.05) is 30.3 Å². The molecule has 2 aliphatic rings. The van der Waals surface area contributed by atoms with Gasteiger partial charge in [-0.3, -0.25) is 19.3 Å². The van der Waals surface area contributed by atoms with Crippen LogP contribution in [0, 0.1) is 5.92 Å². The summed E-state index contributed by atoms with van der Waals surface area (Å²) in [5.41, 5.74) is 0.829. The van der Waals surface area contributed by atoms with E-state index in [9.17, 15) is 24.3 Å². The van der Waals surface area contributed by atoms with Crippen molar-refractivity contribution < 1.29 is 24.3 Å². The zero-order chi connectivity index (χ0) is 19.4. The smallest absolute Gasteiger partial charge is 0.293 e. The minimum Gasteiger partial charge on any atom is -0.550 e. The summed E-state index contributed by atoms with van der Waals surface area (Å²) in [5, 5.41) is 10.5. The minimum absolute atomic E-state index is 0.0239. The van der Waals surface area contributed by atoms with Gasteiger partial charge in [0.05, 0.1) is 4.91 Å². The zero-order valence-corrected chi connectivity index (χ0v) is 15.4. The topological polar surface area (TPSA) is 97.8 Å². The van der Waals surface area contributed by atoms with Crippen LogP contribution >= 0.6 is 11.8 Å². The number of rotatable bonds is 5. The number of thioether (sulfide) groups is 1. The molecule has 0 radical (unpaired) electrons. The normalized spacial score (nSPS) is 19.8. The number of benzene rings is 1. The number of carbonyl (C=O) groups is 4. The van der Waals surface area contributed by atoms with Crippen molar-refractivity contribution in [3.63, 3.8) is 0 Å². The Labute approximate surface area is 161 Å². The predicted molar refractivity (Wildman–Crippen MR) is 98.0 cm³/mol. The molecule has 1 aromatic carbocycles. The van der Waals surface area contributed by atoms with Crippen molar-refractivity contribution in [2.75, 3.05) is 19.6 Å². The Balaban J connectivity index is 1.54. The van der Waals surface area contributed by atoms with E-state index in [0.29, 0.717) is 30.8 Å². The Kier molecular flexibility index (Phi) is 5.95. The number of piperidine rings is 1. The first-order valence-electron chi connectivity index (χ1n) is 8.75. The molecule has 1 aromatic rings. The summed E-state index contributed by atoms with van der Waals surface area (Å²) in [7, 11) is 0. The molecule has 3 rings (SSSR count). The van der Waals surface area contributed by atoms with Crippen LogP contribution in [-0.2, 0) is 14.4 Å². The standard InChI is InChI=1S/C19H20N2O5S/c22-16(20-9-6-14(7-10-20)18(24)25)8-11-21-17(23)15(27-19(21)26)12-13-4-2-1-3-5-13/h1-5,12,14H,6-11H2,(H,24,25)/p-1/b15-12-. The van der Waals surface area contributed by atoms with Gasteiger partial charge in [0.15, 0.2) is 0 Å². The van der Waals surface area contributed by atoms with Gasteiger partial charge in [-0.25, -0.2) is 0 Å². The van der Waals surface area contributed by atoms with Crippen LogP contribution in [0.4, 0.5) is 4.79 Å². The van der Waals surface area contributed by atoms with E-state index < -0.39 is 17.8 Å². The first kappa shape index (κ1) is 19.2. The van der Waals surface area contributed by atoms with Crippen molar-refractivity contribution in [2.45, 2.75) is 19.3 Å². The SMILES string of the molecule is O=C([O-])C1CCN(C(=O)CCN2C(=O)S/C(=C\c3ccccc3)C2=O)CC1. The van der Waals surface area contributed by atoms with Crippen molar-refractivity contribution >= 4 is 40.9 Å². The van der Waals surface area contributed by atoms with Gasteiger partial charge in [-0.15, -0.1) is 0 Å². The van der Waals surface area contributed by atoms with Crippen LogP contribution in [0.15, 0.2) is 35.2 Å². The Morgan fingerprint density at radius 2 is 1.81 bits per heavy atom. The van der Waals surface area contributed by atoms with Crippen molar-refractivity contribution in [1.82, 2.24) is 9.80 Å². The van der Waals surface area contributed by atoms with Gasteiger partial charge in [-0.05, 0) is 36.2 Å². The molecule has 0 aromatic heterocycles. The fourth-order valence-corrected chi connectivity index (χ4v) is 3.99. The van der Waals surface area contributed by atoms with Gasteiger partial charge in [0.2, 0.25) is 5.91 Å². The Hall–Kier alpha value is -2.61. The summed E-state index contributed by atoms with van der Waals surface area (Å²) in [4.78, 5) is 50.7. The molecule has 0 unspecified atom stereocenters. The molecule has 7 nitrogen and oxygen atoms in total. The molecule has 0 bridgehead atoms. The number of imide groups is 1. The van der Waals surface area contributed by atoms with E-state index in [-0.39, 0.29) is 24.1 Å². The number of amides is 3. The monoisotopic (exact) mass is 387 g/mol. The largest absolute Gasteiger partial charge is 0.550 e. The van der Waals surface area contributed by atoms with E-state index in [4.69, 9.17) is 0 Å². The summed E-state index contributed by atoms with van der Waals surface area (Å²) in [5.74, 6) is -2.17. The molecule has 0 aliphatic carbocycles. The van der Waals surface area contributed by atoms with Crippen LogP contribution < -0.4 is 5.11 Å². The van der Waals surface area contributed by atoms with Crippen LogP contribution in [0.2, 0.25) is 0 Å². The fraction of sp³-hybridized carbons (Fsp3) is 0.368. The van der Waals surface area contributed by atoms with Crippen molar-refractivity contribution in [3.05, 3.63) is 40.8 Å². The number of hydrogen-bond acceptors (Lipinski definition) is 6. The summed E-state index contributed by atoms with van der Waals surface area (Å²) < 4.78 is 0. The first-order valence-corrected chi connectivity index (χ1v) is 9.56. The lowest BCUT2D eigenvalue weighted by Crippen LogP contribution is -2.44. The van der Waals surface area contributed by atoms with Crippen LogP contribution in [-0.4, -0.2) is 52.5 Å². The van der Waals surface area contributed by atoms with E-state index in [0.717, 1.165) is 22.2 Å². The van der Waals surface area contributed by atoms with Crippen LogP contribution in [0.1, 0.15) is 24.8 Å². The van der Waals surface area contributed by atoms with E-state index in [1.165, 1.54) is 0 Å². The maximum atomic E-state index is 12.4. The number of aliphatic carboxylic acids is 1. The van der Waals surface area contributed by atoms with Gasteiger partial charge in [0.25, 0.3) is 11.1 Å². The second-order valence-electron chi connectivity index (χ2n) is 6.47. The van der Waals surface area contributed by atoms with E-state index in [2.05, 4.69) is 0 Å². The first-order chi connectivity index (χ1) is 13.0. The van der Waals surface area contributed by atoms with E-state index in [1.807, 2.05) is 30.3 Å². The lowest BCUT2D eigenvalue weighted by molar-refractivity contribution is -0.312. The molecule has 2 heterocycles. The summed E-state index contributed by atoms with van der Waals surface area (Å²) >= 11 is 0.869. The molecular formula is C19H19N2O5S-. The van der Waals surface area contributed by atoms with Crippen LogP contribution in [0.25, 0.3) is 6.08 Å². The quantitative estimate of drug-likeness (QED) is 0.702. The van der Waals surface area contributed by atoms with Gasteiger partial charge >= 0.3 is 0 Å². The molecule has 3 amide bonds. The lowest BCUT2D eigenvalue weighted by atomic mass is 9.97. The van der Waals surface area contributed by atoms with Gasteiger partial charge < -0.3 is 14.8 Å². The van der Waals surface area contributed by atoms with Crippen LogP contribution in [0.3, 0.4) is 0 Å². The van der Waals surface area contributed by atoms with Crippen molar-refractivity contribution in [1.29, 1.82) is 0 Å². The second-order valence-corrected chi connectivity index (χ2v) is 7.46. The highest BCUT2D eigenvalue weighted by molar-refractivity contribution is 8.18. The highest BCUT2D eigenvalue weighted by Crippen LogP contribution is 2.32. The second kappa shape index (κ2) is 8.39. The Morgan fingerprint density at radius 1 is 1.15 bits per heavy atom. The molecular weight excluding hydrogens is 368 g/mol. The third-order valence-electron chi connectivity index (χ3n) is 4.70. The van der Waals surface area contributed by atoms with Crippen LogP contribution in [0.5, 0.6) is 0 Å². The van der Waals surface area contributed by atoms with E-state index >= 15 is 0 Å². The third kappa shape index (κ3) is 4.57. The maximum absolute atomic E-state index is 12.4. The molecule has 2 saturated heterocycles. The average molecular weight is 387 g/mol. The molecule has 0 N–H and O–H groups in total. The molecule has 2 fully saturated rings. The van der Waals surface area contributed by atoms with Gasteiger partial charge in [-0.2, -0.15) is 0 Å². The number of likely N-dealkylation sites (tertiary alicyclic amines) is 1. The molecule has 0 atom stereocenters. The zero-order valence-electron chi connectivity index (χ0n) is 14.6. The lowest BCUT2D eigenvalue weighted by Gasteiger charge is -2.32. The Bertz CT molecular complexity index is 785. The number of carboxylic acid groups (broad SMARTS) is 1. The average Bonchev–Trinajstić information content (AvgIpc) is 2.93. The molecule has 0 saturated carbocycles. The number of nitrogens with zero attached hydrogens (tertiary/aromatic N) is 2. The molecule has 0 spiro atoms. The number of carbonyl (C=O) groups excluding carboxylic acids is 4. The molecule has 27 heavy (non-hydrogen) atoms. The summed E-state index contributed by atoms with van der Waals surface area (Å²) in [6, 6.07) is 9.24. The highest BCUT2D eigenvalue weighted by Gasteiger charge is 2.35. The van der Waals surface area contributed by atoms with Crippen molar-refractivity contribution in [2.24, 2.45) is 5.92 Å². The minimum atomic E-state index is -1.08. The van der Waals surface area contributed by atoms with Crippen molar-refractivity contribution in [3.8, 4) is 0 Å². The van der Waals surface area contributed by atoms with Gasteiger partial charge in [0.1, 0.15) is 0 Å². The van der Waals surface area contributed by atoms with Gasteiger partial charge in [0, 0.05) is 37.9 Å². The molecule has 142 valence electrons. The number of carboxylic acids is 1. The van der Waals surface area contributed by atoms with E-state index in [1.54, 1.807) is 11.0 Å². The molecule has 8 heteroatoms. The highest BCUT2D eigenvalue weighted by atomic mass is 32.2. The third-order valence-corrected chi connectivity index (χ3v) is 5.61.